The zero-order valence-corrected chi connectivity index (χ0v) is 7.36. The molecular formula is C9H13N3O. The predicted octanol–water partition coefficient (Wildman–Crippen LogP) is 0.664. The van der Waals surface area contributed by atoms with Gasteiger partial charge in [0.05, 0.1) is 17.5 Å². The minimum absolute atomic E-state index is 0.355. The van der Waals surface area contributed by atoms with E-state index in [2.05, 4.69) is 4.98 Å². The van der Waals surface area contributed by atoms with Crippen molar-refractivity contribution in [2.75, 3.05) is 5.73 Å². The molecule has 0 saturated heterocycles. The van der Waals surface area contributed by atoms with E-state index >= 15 is 0 Å². The highest BCUT2D eigenvalue weighted by Gasteiger charge is 2.24. The van der Waals surface area contributed by atoms with Crippen molar-refractivity contribution in [3.63, 3.8) is 0 Å². The molecule has 0 atom stereocenters. The third kappa shape index (κ3) is 1.72. The minimum atomic E-state index is 0.355. The molecule has 4 N–H and O–H groups in total. The second-order valence-electron chi connectivity index (χ2n) is 3.19. The molecule has 13 heavy (non-hydrogen) atoms. The van der Waals surface area contributed by atoms with Crippen LogP contribution in [-0.2, 0) is 6.54 Å². The van der Waals surface area contributed by atoms with Gasteiger partial charge in [-0.2, -0.15) is 0 Å². The molecule has 0 radical (unpaired) electrons. The SMILES string of the molecule is NCc1nccc(OC2CC2)c1N. The van der Waals surface area contributed by atoms with Gasteiger partial charge in [0.1, 0.15) is 5.75 Å². The topological polar surface area (TPSA) is 74.2 Å². The summed E-state index contributed by atoms with van der Waals surface area (Å²) in [5.41, 5.74) is 12.6. The van der Waals surface area contributed by atoms with Gasteiger partial charge in [0.15, 0.2) is 0 Å². The van der Waals surface area contributed by atoms with Gasteiger partial charge in [0.25, 0.3) is 0 Å². The molecule has 1 heterocycles. The lowest BCUT2D eigenvalue weighted by Gasteiger charge is -2.09. The van der Waals surface area contributed by atoms with Gasteiger partial charge in [0.2, 0.25) is 0 Å². The number of aromatic nitrogens is 1. The third-order valence-electron chi connectivity index (χ3n) is 2.04. The number of anilines is 1. The summed E-state index contributed by atoms with van der Waals surface area (Å²) in [5.74, 6) is 0.720. The molecule has 1 aromatic rings. The molecule has 0 aliphatic heterocycles. The smallest absolute Gasteiger partial charge is 0.146 e. The first-order valence-corrected chi connectivity index (χ1v) is 4.41. The van der Waals surface area contributed by atoms with Crippen molar-refractivity contribution in [3.8, 4) is 5.75 Å². The lowest BCUT2D eigenvalue weighted by atomic mass is 10.3. The molecule has 0 aromatic carbocycles. The Hall–Kier alpha value is -1.29. The lowest BCUT2D eigenvalue weighted by molar-refractivity contribution is 0.304. The number of nitrogens with two attached hydrogens (primary N) is 2. The quantitative estimate of drug-likeness (QED) is 0.715. The number of pyridine rings is 1. The standard InChI is InChI=1S/C9H13N3O/c10-5-7-9(11)8(3-4-12-7)13-6-1-2-6/h3-4,6H,1-2,5,10-11H2. The van der Waals surface area contributed by atoms with E-state index in [9.17, 15) is 0 Å². The van der Waals surface area contributed by atoms with E-state index in [1.54, 1.807) is 12.3 Å². The predicted molar refractivity (Wildman–Crippen MR) is 50.2 cm³/mol. The third-order valence-corrected chi connectivity index (χ3v) is 2.04. The van der Waals surface area contributed by atoms with Gasteiger partial charge in [-0.05, 0) is 12.8 Å². The number of hydrogen-bond acceptors (Lipinski definition) is 4. The van der Waals surface area contributed by atoms with Gasteiger partial charge in [-0.15, -0.1) is 0 Å². The Bertz CT molecular complexity index is 310. The summed E-state index contributed by atoms with van der Waals surface area (Å²) in [6.45, 7) is 0.355. The molecule has 0 bridgehead atoms. The summed E-state index contributed by atoms with van der Waals surface area (Å²) in [6, 6.07) is 1.78. The fourth-order valence-electron chi connectivity index (χ4n) is 1.13. The maximum absolute atomic E-state index is 5.80. The monoisotopic (exact) mass is 179 g/mol. The summed E-state index contributed by atoms with van der Waals surface area (Å²) in [4.78, 5) is 4.06. The molecule has 1 aliphatic carbocycles. The average Bonchev–Trinajstić information content (AvgIpc) is 2.92. The first-order chi connectivity index (χ1) is 6.31. The van der Waals surface area contributed by atoms with Crippen LogP contribution in [0.1, 0.15) is 18.5 Å². The molecule has 70 valence electrons. The fourth-order valence-corrected chi connectivity index (χ4v) is 1.13. The van der Waals surface area contributed by atoms with E-state index in [1.807, 2.05) is 0 Å². The van der Waals surface area contributed by atoms with Crippen LogP contribution in [-0.4, -0.2) is 11.1 Å². The largest absolute Gasteiger partial charge is 0.488 e. The maximum Gasteiger partial charge on any atom is 0.146 e. The average molecular weight is 179 g/mol. The first-order valence-electron chi connectivity index (χ1n) is 4.41. The molecule has 1 saturated carbocycles. The Labute approximate surface area is 76.9 Å². The van der Waals surface area contributed by atoms with Crippen LogP contribution >= 0.6 is 0 Å². The Morgan fingerprint density at radius 1 is 1.54 bits per heavy atom. The van der Waals surface area contributed by atoms with Crippen molar-refractivity contribution in [1.29, 1.82) is 0 Å². The summed E-state index contributed by atoms with van der Waals surface area (Å²) in [7, 11) is 0. The second kappa shape index (κ2) is 3.22. The molecule has 0 spiro atoms. The van der Waals surface area contributed by atoms with Crippen LogP contribution in [0.5, 0.6) is 5.75 Å². The van der Waals surface area contributed by atoms with Crippen molar-refractivity contribution in [2.24, 2.45) is 5.73 Å². The summed E-state index contributed by atoms with van der Waals surface area (Å²) in [5, 5.41) is 0. The number of nitrogens with zero attached hydrogens (tertiary/aromatic N) is 1. The van der Waals surface area contributed by atoms with Crippen LogP contribution in [0.2, 0.25) is 0 Å². The van der Waals surface area contributed by atoms with Crippen LogP contribution in [0.15, 0.2) is 12.3 Å². The maximum atomic E-state index is 5.80. The zero-order valence-electron chi connectivity index (χ0n) is 7.36. The number of nitrogen functional groups attached to an aromatic ring is 1. The van der Waals surface area contributed by atoms with Gasteiger partial charge in [-0.3, -0.25) is 4.98 Å². The highest BCUT2D eigenvalue weighted by molar-refractivity contribution is 5.55. The molecule has 0 unspecified atom stereocenters. The van der Waals surface area contributed by atoms with E-state index in [1.165, 1.54) is 0 Å². The Balaban J connectivity index is 2.22. The van der Waals surface area contributed by atoms with Gasteiger partial charge < -0.3 is 16.2 Å². The normalized spacial score (nSPS) is 15.8. The van der Waals surface area contributed by atoms with E-state index in [0.29, 0.717) is 24.0 Å². The molecule has 4 nitrogen and oxygen atoms in total. The van der Waals surface area contributed by atoms with E-state index < -0.39 is 0 Å². The van der Waals surface area contributed by atoms with Crippen LogP contribution in [0.4, 0.5) is 5.69 Å². The Kier molecular flexibility index (Phi) is 2.06. The molecule has 0 amide bonds. The Morgan fingerprint density at radius 3 is 2.92 bits per heavy atom. The van der Waals surface area contributed by atoms with Crippen LogP contribution in [0.3, 0.4) is 0 Å². The molecule has 1 aliphatic rings. The summed E-state index contributed by atoms with van der Waals surface area (Å²) >= 11 is 0. The minimum Gasteiger partial charge on any atom is -0.488 e. The molecule has 1 fully saturated rings. The molecular weight excluding hydrogens is 166 g/mol. The molecule has 1 aromatic heterocycles. The molecule has 2 rings (SSSR count). The van der Waals surface area contributed by atoms with Gasteiger partial charge in [0, 0.05) is 18.8 Å². The number of hydrogen-bond donors (Lipinski definition) is 2. The lowest BCUT2D eigenvalue weighted by Crippen LogP contribution is -2.07. The zero-order chi connectivity index (χ0) is 9.26. The van der Waals surface area contributed by atoms with E-state index in [-0.39, 0.29) is 0 Å². The van der Waals surface area contributed by atoms with Crippen molar-refractivity contribution < 1.29 is 4.74 Å². The van der Waals surface area contributed by atoms with Gasteiger partial charge >= 0.3 is 0 Å². The first kappa shape index (κ1) is 8.31. The highest BCUT2D eigenvalue weighted by Crippen LogP contribution is 2.31. The summed E-state index contributed by atoms with van der Waals surface area (Å²) < 4.78 is 5.58. The number of ether oxygens (including phenoxy) is 1. The molecule has 4 heteroatoms. The second-order valence-corrected chi connectivity index (χ2v) is 3.19. The fraction of sp³-hybridized carbons (Fsp3) is 0.444. The van der Waals surface area contributed by atoms with Gasteiger partial charge in [-0.1, -0.05) is 0 Å². The van der Waals surface area contributed by atoms with Crippen molar-refractivity contribution >= 4 is 5.69 Å². The Morgan fingerprint density at radius 2 is 2.31 bits per heavy atom. The summed E-state index contributed by atoms with van der Waals surface area (Å²) in [6.07, 6.45) is 4.28. The van der Waals surface area contributed by atoms with Crippen LogP contribution in [0.25, 0.3) is 0 Å². The van der Waals surface area contributed by atoms with Crippen LogP contribution in [0, 0.1) is 0 Å². The van der Waals surface area contributed by atoms with Gasteiger partial charge in [-0.25, -0.2) is 0 Å². The van der Waals surface area contributed by atoms with Crippen molar-refractivity contribution in [1.82, 2.24) is 4.98 Å². The van der Waals surface area contributed by atoms with Crippen LogP contribution < -0.4 is 16.2 Å². The van der Waals surface area contributed by atoms with E-state index in [0.717, 1.165) is 18.6 Å². The highest BCUT2D eigenvalue weighted by atomic mass is 16.5. The van der Waals surface area contributed by atoms with Crippen molar-refractivity contribution in [2.45, 2.75) is 25.5 Å². The number of rotatable bonds is 3. The van der Waals surface area contributed by atoms with E-state index in [4.69, 9.17) is 16.2 Å². The van der Waals surface area contributed by atoms with Crippen molar-refractivity contribution in [3.05, 3.63) is 18.0 Å².